The molecular formula is C11H21NO2. The molecule has 0 aromatic heterocycles. The molecule has 0 N–H and O–H groups in total. The zero-order valence-corrected chi connectivity index (χ0v) is 9.83. The molecule has 0 aromatic carbocycles. The van der Waals surface area contributed by atoms with E-state index in [1.807, 2.05) is 25.7 Å². The summed E-state index contributed by atoms with van der Waals surface area (Å²) >= 11 is 0. The molecule has 1 aliphatic heterocycles. The van der Waals surface area contributed by atoms with Crippen molar-refractivity contribution in [1.29, 1.82) is 0 Å². The van der Waals surface area contributed by atoms with E-state index in [1.54, 1.807) is 0 Å². The molecule has 14 heavy (non-hydrogen) atoms. The topological polar surface area (TPSA) is 29.5 Å². The summed E-state index contributed by atoms with van der Waals surface area (Å²) < 4.78 is 5.33. The van der Waals surface area contributed by atoms with E-state index in [4.69, 9.17) is 4.74 Å². The third kappa shape index (κ3) is 2.63. The molecule has 1 heterocycles. The van der Waals surface area contributed by atoms with Crippen molar-refractivity contribution in [3.8, 4) is 0 Å². The summed E-state index contributed by atoms with van der Waals surface area (Å²) in [5.74, 6) is 0.586. The lowest BCUT2D eigenvalue weighted by Gasteiger charge is -2.27. The van der Waals surface area contributed by atoms with Gasteiger partial charge in [0.2, 0.25) is 0 Å². The molecular weight excluding hydrogens is 178 g/mol. The smallest absolute Gasteiger partial charge is 0.410 e. The number of carbonyl (C=O) groups is 1. The molecule has 1 unspecified atom stereocenters. The number of ether oxygens (including phenoxy) is 1. The van der Waals surface area contributed by atoms with Gasteiger partial charge in [0, 0.05) is 12.6 Å². The molecule has 3 heteroatoms. The number of amides is 1. The molecule has 1 fully saturated rings. The average molecular weight is 199 g/mol. The maximum atomic E-state index is 11.7. The lowest BCUT2D eigenvalue weighted by molar-refractivity contribution is 0.0225. The van der Waals surface area contributed by atoms with Gasteiger partial charge in [-0.15, -0.1) is 0 Å². The minimum Gasteiger partial charge on any atom is -0.444 e. The lowest BCUT2D eigenvalue weighted by atomic mass is 10.1. The van der Waals surface area contributed by atoms with Crippen molar-refractivity contribution in [3.63, 3.8) is 0 Å². The Bertz CT molecular complexity index is 220. The van der Waals surface area contributed by atoms with Gasteiger partial charge >= 0.3 is 6.09 Å². The van der Waals surface area contributed by atoms with E-state index >= 15 is 0 Å². The first-order valence-corrected chi connectivity index (χ1v) is 5.31. The van der Waals surface area contributed by atoms with E-state index < -0.39 is 0 Å². The molecule has 0 bridgehead atoms. The Morgan fingerprint density at radius 2 is 1.93 bits per heavy atom. The van der Waals surface area contributed by atoms with Gasteiger partial charge in [-0.1, -0.05) is 6.92 Å². The largest absolute Gasteiger partial charge is 0.444 e. The number of carbonyl (C=O) groups excluding carboxylic acids is 1. The molecule has 0 aliphatic carbocycles. The minimum absolute atomic E-state index is 0.172. The normalized spacial score (nSPS) is 27.9. The highest BCUT2D eigenvalue weighted by molar-refractivity contribution is 5.68. The first-order valence-electron chi connectivity index (χ1n) is 5.31. The summed E-state index contributed by atoms with van der Waals surface area (Å²) in [5, 5.41) is 0. The average Bonchev–Trinajstić information content (AvgIpc) is 2.29. The van der Waals surface area contributed by atoms with Gasteiger partial charge in [-0.3, -0.25) is 0 Å². The molecule has 0 radical (unpaired) electrons. The summed E-state index contributed by atoms with van der Waals surface area (Å²) in [6, 6.07) is 0.310. The van der Waals surface area contributed by atoms with Gasteiger partial charge in [0.15, 0.2) is 0 Å². The van der Waals surface area contributed by atoms with Crippen LogP contribution < -0.4 is 0 Å². The van der Waals surface area contributed by atoms with Crippen molar-refractivity contribution in [1.82, 2.24) is 4.90 Å². The maximum absolute atomic E-state index is 11.7. The highest BCUT2D eigenvalue weighted by atomic mass is 16.6. The Morgan fingerprint density at radius 3 is 2.29 bits per heavy atom. The van der Waals surface area contributed by atoms with Crippen molar-refractivity contribution < 1.29 is 9.53 Å². The van der Waals surface area contributed by atoms with Crippen LogP contribution >= 0.6 is 0 Å². The molecule has 1 aliphatic rings. The van der Waals surface area contributed by atoms with Gasteiger partial charge in [-0.25, -0.2) is 4.79 Å². The fourth-order valence-corrected chi connectivity index (χ4v) is 1.67. The molecule has 0 saturated carbocycles. The number of hydrogen-bond acceptors (Lipinski definition) is 2. The summed E-state index contributed by atoms with van der Waals surface area (Å²) in [4.78, 5) is 13.5. The van der Waals surface area contributed by atoms with Crippen molar-refractivity contribution in [2.24, 2.45) is 5.92 Å². The van der Waals surface area contributed by atoms with Crippen LogP contribution in [0.4, 0.5) is 4.79 Å². The van der Waals surface area contributed by atoms with Gasteiger partial charge in [-0.05, 0) is 40.0 Å². The van der Waals surface area contributed by atoms with Crippen LogP contribution in [0.3, 0.4) is 0 Å². The Labute approximate surface area is 86.4 Å². The standard InChI is InChI=1S/C11H21NO2/c1-8-6-7-12(9(8)2)10(13)14-11(3,4)5/h8-9H,6-7H2,1-5H3/t8?,9-/m0/s1. The molecule has 0 spiro atoms. The highest BCUT2D eigenvalue weighted by Crippen LogP contribution is 2.25. The molecule has 3 nitrogen and oxygen atoms in total. The van der Waals surface area contributed by atoms with Gasteiger partial charge in [0.1, 0.15) is 5.60 Å². The molecule has 1 rings (SSSR count). The van der Waals surface area contributed by atoms with E-state index in [0.29, 0.717) is 12.0 Å². The number of nitrogens with zero attached hydrogens (tertiary/aromatic N) is 1. The SMILES string of the molecule is CC1CCN(C(=O)OC(C)(C)C)[C@H]1C. The van der Waals surface area contributed by atoms with Gasteiger partial charge in [0.05, 0.1) is 0 Å². The summed E-state index contributed by atoms with van der Waals surface area (Å²) in [6.07, 6.45) is 0.912. The third-order valence-corrected chi connectivity index (χ3v) is 2.77. The fourth-order valence-electron chi connectivity index (χ4n) is 1.67. The van der Waals surface area contributed by atoms with E-state index in [0.717, 1.165) is 13.0 Å². The van der Waals surface area contributed by atoms with Crippen LogP contribution in [0.2, 0.25) is 0 Å². The minimum atomic E-state index is -0.386. The monoisotopic (exact) mass is 199 g/mol. The second-order valence-corrected chi connectivity index (χ2v) is 5.18. The van der Waals surface area contributed by atoms with Crippen LogP contribution in [-0.2, 0) is 4.74 Å². The fraction of sp³-hybridized carbons (Fsp3) is 0.909. The van der Waals surface area contributed by atoms with Gasteiger partial charge in [-0.2, -0.15) is 0 Å². The summed E-state index contributed by atoms with van der Waals surface area (Å²) in [7, 11) is 0. The highest BCUT2D eigenvalue weighted by Gasteiger charge is 2.33. The molecule has 1 saturated heterocycles. The van der Waals surface area contributed by atoms with Crippen molar-refractivity contribution in [2.45, 2.75) is 52.7 Å². The molecule has 0 aromatic rings. The first-order chi connectivity index (χ1) is 6.31. The third-order valence-electron chi connectivity index (χ3n) is 2.77. The summed E-state index contributed by atoms with van der Waals surface area (Å²) in [6.45, 7) is 10.8. The predicted octanol–water partition coefficient (Wildman–Crippen LogP) is 2.65. The molecule has 2 atom stereocenters. The predicted molar refractivity (Wildman–Crippen MR) is 56.2 cm³/mol. The van der Waals surface area contributed by atoms with Crippen LogP contribution in [0.5, 0.6) is 0 Å². The second kappa shape index (κ2) is 3.79. The first kappa shape index (κ1) is 11.3. The van der Waals surface area contributed by atoms with Crippen LogP contribution in [0.1, 0.15) is 41.0 Å². The van der Waals surface area contributed by atoms with E-state index in [9.17, 15) is 4.79 Å². The zero-order chi connectivity index (χ0) is 10.9. The number of hydrogen-bond donors (Lipinski definition) is 0. The maximum Gasteiger partial charge on any atom is 0.410 e. The van der Waals surface area contributed by atoms with Crippen molar-refractivity contribution in [3.05, 3.63) is 0 Å². The quantitative estimate of drug-likeness (QED) is 0.600. The van der Waals surface area contributed by atoms with Gasteiger partial charge < -0.3 is 9.64 Å². The van der Waals surface area contributed by atoms with Crippen LogP contribution in [-0.4, -0.2) is 29.2 Å². The second-order valence-electron chi connectivity index (χ2n) is 5.18. The van der Waals surface area contributed by atoms with Crippen LogP contribution in [0, 0.1) is 5.92 Å². The van der Waals surface area contributed by atoms with Crippen molar-refractivity contribution >= 4 is 6.09 Å². The Hall–Kier alpha value is -0.730. The Morgan fingerprint density at radius 1 is 1.36 bits per heavy atom. The summed E-state index contributed by atoms with van der Waals surface area (Å²) in [5.41, 5.74) is -0.386. The Balaban J connectivity index is 2.54. The Kier molecular flexibility index (Phi) is 3.07. The zero-order valence-electron chi connectivity index (χ0n) is 9.83. The van der Waals surface area contributed by atoms with Crippen LogP contribution in [0.25, 0.3) is 0 Å². The van der Waals surface area contributed by atoms with Crippen molar-refractivity contribution in [2.75, 3.05) is 6.54 Å². The van der Waals surface area contributed by atoms with Crippen LogP contribution in [0.15, 0.2) is 0 Å². The van der Waals surface area contributed by atoms with E-state index in [1.165, 1.54) is 0 Å². The number of likely N-dealkylation sites (tertiary alicyclic amines) is 1. The van der Waals surface area contributed by atoms with E-state index in [2.05, 4.69) is 13.8 Å². The molecule has 82 valence electrons. The lowest BCUT2D eigenvalue weighted by Crippen LogP contribution is -2.39. The number of rotatable bonds is 0. The van der Waals surface area contributed by atoms with E-state index in [-0.39, 0.29) is 11.7 Å². The van der Waals surface area contributed by atoms with Gasteiger partial charge in [0.25, 0.3) is 0 Å². The molecule has 1 amide bonds.